The van der Waals surface area contributed by atoms with Gasteiger partial charge in [0.1, 0.15) is 5.54 Å². The van der Waals surface area contributed by atoms with Crippen molar-refractivity contribution in [3.63, 3.8) is 0 Å². The maximum Gasteiger partial charge on any atom is 0.306 e. The number of hydrogen-bond donors (Lipinski definition) is 1. The lowest BCUT2D eigenvalue weighted by molar-refractivity contribution is -0.148. The number of rotatable bonds is 7. The Labute approximate surface area is 157 Å². The molecule has 2 aromatic rings. The average molecular weight is 367 g/mol. The van der Waals surface area contributed by atoms with E-state index in [0.29, 0.717) is 24.5 Å². The molecule has 0 aliphatic heterocycles. The topological polar surface area (TPSA) is 105 Å². The molecule has 1 saturated carbocycles. The lowest BCUT2D eigenvalue weighted by atomic mass is 10.00. The molecule has 7 nitrogen and oxygen atoms in total. The summed E-state index contributed by atoms with van der Waals surface area (Å²) in [6.07, 6.45) is 5.06. The zero-order chi connectivity index (χ0) is 19.1. The van der Waals surface area contributed by atoms with Gasteiger partial charge in [0, 0.05) is 12.0 Å². The van der Waals surface area contributed by atoms with E-state index < -0.39 is 17.4 Å². The van der Waals surface area contributed by atoms with Crippen LogP contribution < -0.4 is 5.32 Å². The Hall–Kier alpha value is -3.14. The fraction of sp³-hybridized carbons (Fsp3) is 0.400. The summed E-state index contributed by atoms with van der Waals surface area (Å²) in [6, 6.07) is 11.7. The van der Waals surface area contributed by atoms with Gasteiger partial charge in [0.2, 0.25) is 0 Å². The van der Waals surface area contributed by atoms with Crippen LogP contribution in [0.1, 0.15) is 38.0 Å². The summed E-state index contributed by atoms with van der Waals surface area (Å²) in [6.45, 7) is -0.386. The van der Waals surface area contributed by atoms with Crippen molar-refractivity contribution in [2.75, 3.05) is 6.61 Å². The van der Waals surface area contributed by atoms with Crippen LogP contribution in [0.15, 0.2) is 40.9 Å². The lowest BCUT2D eigenvalue weighted by Crippen LogP contribution is -2.46. The molecule has 1 fully saturated rings. The normalized spacial score (nSPS) is 15.1. The Morgan fingerprint density at radius 3 is 2.70 bits per heavy atom. The quantitative estimate of drug-likeness (QED) is 0.755. The second kappa shape index (κ2) is 8.49. The van der Waals surface area contributed by atoms with Crippen molar-refractivity contribution >= 4 is 11.9 Å². The molecular weight excluding hydrogens is 346 g/mol. The van der Waals surface area contributed by atoms with Gasteiger partial charge in [0.25, 0.3) is 5.91 Å². The molecule has 27 heavy (non-hydrogen) atoms. The number of benzene rings is 1. The molecule has 0 saturated heterocycles. The summed E-state index contributed by atoms with van der Waals surface area (Å²) in [5.74, 6) is 0.109. The van der Waals surface area contributed by atoms with E-state index in [1.807, 2.05) is 30.3 Å². The van der Waals surface area contributed by atoms with Gasteiger partial charge in [-0.05, 0) is 25.7 Å². The summed E-state index contributed by atoms with van der Waals surface area (Å²) in [5.41, 5.74) is 0.101. The zero-order valence-corrected chi connectivity index (χ0v) is 14.9. The van der Waals surface area contributed by atoms with Crippen molar-refractivity contribution in [2.24, 2.45) is 0 Å². The third-order valence-corrected chi connectivity index (χ3v) is 4.57. The number of amides is 1. The first-order valence-corrected chi connectivity index (χ1v) is 8.98. The van der Waals surface area contributed by atoms with Gasteiger partial charge < -0.3 is 14.5 Å². The van der Waals surface area contributed by atoms with Gasteiger partial charge in [-0.15, -0.1) is 0 Å². The summed E-state index contributed by atoms with van der Waals surface area (Å²) in [5, 5.41) is 11.9. The molecule has 140 valence electrons. The van der Waals surface area contributed by atoms with E-state index in [1.165, 1.54) is 0 Å². The molecule has 7 heteroatoms. The number of nitriles is 1. The molecule has 1 amide bonds. The highest BCUT2D eigenvalue weighted by Crippen LogP contribution is 2.28. The Balaban J connectivity index is 1.42. The second-order valence-corrected chi connectivity index (χ2v) is 6.59. The van der Waals surface area contributed by atoms with Crippen LogP contribution in [-0.2, 0) is 20.7 Å². The number of aromatic nitrogens is 1. The molecule has 0 bridgehead atoms. The van der Waals surface area contributed by atoms with E-state index in [0.717, 1.165) is 18.4 Å². The van der Waals surface area contributed by atoms with E-state index in [4.69, 9.17) is 9.15 Å². The molecule has 1 aliphatic rings. The van der Waals surface area contributed by atoms with Crippen molar-refractivity contribution in [3.05, 3.63) is 42.4 Å². The van der Waals surface area contributed by atoms with Crippen molar-refractivity contribution < 1.29 is 18.7 Å². The maximum atomic E-state index is 11.9. The van der Waals surface area contributed by atoms with Crippen LogP contribution in [0.3, 0.4) is 0 Å². The highest BCUT2D eigenvalue weighted by Gasteiger charge is 2.35. The van der Waals surface area contributed by atoms with Gasteiger partial charge in [0.15, 0.2) is 18.3 Å². The fourth-order valence-electron chi connectivity index (χ4n) is 3.14. The number of aryl methyl sites for hydroxylation is 1. The van der Waals surface area contributed by atoms with E-state index in [-0.39, 0.29) is 19.4 Å². The van der Waals surface area contributed by atoms with Gasteiger partial charge in [-0.25, -0.2) is 4.98 Å². The van der Waals surface area contributed by atoms with E-state index >= 15 is 0 Å². The number of oxazole rings is 1. The zero-order valence-electron chi connectivity index (χ0n) is 14.9. The van der Waals surface area contributed by atoms with Crippen LogP contribution in [0.2, 0.25) is 0 Å². The number of carbonyl (C=O) groups is 2. The van der Waals surface area contributed by atoms with Gasteiger partial charge in [0.05, 0.1) is 18.7 Å². The predicted octanol–water partition coefficient (Wildman–Crippen LogP) is 2.77. The first-order chi connectivity index (χ1) is 13.1. The Morgan fingerprint density at radius 2 is 2.00 bits per heavy atom. The van der Waals surface area contributed by atoms with Crippen LogP contribution in [0, 0.1) is 11.3 Å². The number of hydrogen-bond acceptors (Lipinski definition) is 6. The molecule has 1 heterocycles. The molecule has 3 rings (SSSR count). The van der Waals surface area contributed by atoms with Crippen LogP contribution in [0.5, 0.6) is 0 Å². The minimum Gasteiger partial charge on any atom is -0.456 e. The smallest absolute Gasteiger partial charge is 0.306 e. The molecule has 1 N–H and O–H groups in total. The molecule has 0 radical (unpaired) electrons. The van der Waals surface area contributed by atoms with Gasteiger partial charge >= 0.3 is 5.97 Å². The largest absolute Gasteiger partial charge is 0.456 e. The molecule has 1 aromatic heterocycles. The standard InChI is InChI=1S/C20H21N3O4/c21-14-20(10-4-5-11-20)23-17(24)13-26-19(25)9-8-18-22-12-16(27-18)15-6-2-1-3-7-15/h1-3,6-7,12H,4-5,8-11,13H2,(H,23,24). The molecule has 0 spiro atoms. The number of esters is 1. The third-order valence-electron chi connectivity index (χ3n) is 4.57. The number of nitrogens with zero attached hydrogens (tertiary/aromatic N) is 2. The van der Waals surface area contributed by atoms with Gasteiger partial charge in [-0.1, -0.05) is 30.3 Å². The molecule has 1 aliphatic carbocycles. The summed E-state index contributed by atoms with van der Waals surface area (Å²) in [4.78, 5) is 27.9. The van der Waals surface area contributed by atoms with Crippen molar-refractivity contribution in [1.82, 2.24) is 10.3 Å². The van der Waals surface area contributed by atoms with E-state index in [9.17, 15) is 14.9 Å². The Morgan fingerprint density at radius 1 is 1.26 bits per heavy atom. The maximum absolute atomic E-state index is 11.9. The summed E-state index contributed by atoms with van der Waals surface area (Å²) >= 11 is 0. The van der Waals surface area contributed by atoms with E-state index in [2.05, 4.69) is 16.4 Å². The van der Waals surface area contributed by atoms with Crippen LogP contribution in [0.4, 0.5) is 0 Å². The van der Waals surface area contributed by atoms with Crippen molar-refractivity contribution in [2.45, 2.75) is 44.1 Å². The van der Waals surface area contributed by atoms with Crippen molar-refractivity contribution in [1.29, 1.82) is 5.26 Å². The summed E-state index contributed by atoms with van der Waals surface area (Å²) in [7, 11) is 0. The Kier molecular flexibility index (Phi) is 5.87. The minimum absolute atomic E-state index is 0.0609. The van der Waals surface area contributed by atoms with Crippen molar-refractivity contribution in [3.8, 4) is 17.4 Å². The van der Waals surface area contributed by atoms with Crippen LogP contribution in [0.25, 0.3) is 11.3 Å². The minimum atomic E-state index is -0.810. The first kappa shape index (κ1) is 18.6. The SMILES string of the molecule is N#CC1(NC(=O)COC(=O)CCc2ncc(-c3ccccc3)o2)CCCC1. The second-order valence-electron chi connectivity index (χ2n) is 6.59. The fourth-order valence-corrected chi connectivity index (χ4v) is 3.14. The number of nitrogens with one attached hydrogen (secondary N) is 1. The van der Waals surface area contributed by atoms with Gasteiger partial charge in [-0.2, -0.15) is 5.26 Å². The average Bonchev–Trinajstić information content (AvgIpc) is 3.35. The predicted molar refractivity (Wildman–Crippen MR) is 96.2 cm³/mol. The molecule has 1 aromatic carbocycles. The molecule has 0 atom stereocenters. The van der Waals surface area contributed by atoms with Crippen LogP contribution in [-0.4, -0.2) is 29.0 Å². The monoisotopic (exact) mass is 367 g/mol. The van der Waals surface area contributed by atoms with E-state index in [1.54, 1.807) is 6.20 Å². The third kappa shape index (κ3) is 4.94. The highest BCUT2D eigenvalue weighted by atomic mass is 16.5. The highest BCUT2D eigenvalue weighted by molar-refractivity contribution is 5.81. The number of carbonyl (C=O) groups excluding carboxylic acids is 2. The summed E-state index contributed by atoms with van der Waals surface area (Å²) < 4.78 is 10.6. The first-order valence-electron chi connectivity index (χ1n) is 8.98. The van der Waals surface area contributed by atoms with Crippen LogP contribution >= 0.6 is 0 Å². The Bertz CT molecular complexity index is 832. The molecule has 0 unspecified atom stereocenters. The number of ether oxygens (including phenoxy) is 1. The van der Waals surface area contributed by atoms with Gasteiger partial charge in [-0.3, -0.25) is 9.59 Å². The molecular formula is C20H21N3O4. The lowest BCUT2D eigenvalue weighted by Gasteiger charge is -2.21.